The minimum Gasteiger partial charge on any atom is -0.451 e. The van der Waals surface area contributed by atoms with Crippen LogP contribution in [-0.4, -0.2) is 32.8 Å². The summed E-state index contributed by atoms with van der Waals surface area (Å²) in [6.07, 6.45) is 1.96. The van der Waals surface area contributed by atoms with E-state index in [0.29, 0.717) is 13.1 Å². The highest BCUT2D eigenvalue weighted by atomic mass is 79.9. The van der Waals surface area contributed by atoms with E-state index < -0.39 is 10.0 Å². The minimum absolute atomic E-state index is 0.235. The van der Waals surface area contributed by atoms with E-state index in [2.05, 4.69) is 26.7 Å². The fourth-order valence-electron chi connectivity index (χ4n) is 2.73. The van der Waals surface area contributed by atoms with Crippen molar-refractivity contribution in [1.82, 2.24) is 9.62 Å². The summed E-state index contributed by atoms with van der Waals surface area (Å²) >= 11 is 3.52. The number of carbonyl (C=O) groups is 1. The van der Waals surface area contributed by atoms with Crippen molar-refractivity contribution in [2.24, 2.45) is 0 Å². The number of aryl methyl sites for hydroxylation is 1. The molecule has 0 spiro atoms. The molecule has 0 unspecified atom stereocenters. The first-order chi connectivity index (χ1) is 11.3. The van der Waals surface area contributed by atoms with Gasteiger partial charge in [-0.1, -0.05) is 22.0 Å². The lowest BCUT2D eigenvalue weighted by atomic mass is 9.97. The Balaban J connectivity index is 1.83. The molecule has 2 aromatic rings. The third kappa shape index (κ3) is 3.13. The maximum Gasteiger partial charge on any atom is 0.273 e. The largest absolute Gasteiger partial charge is 0.451 e. The maximum absolute atomic E-state index is 12.6. The highest BCUT2D eigenvalue weighted by Gasteiger charge is 2.25. The summed E-state index contributed by atoms with van der Waals surface area (Å²) in [5.41, 5.74) is 3.74. The Morgan fingerprint density at radius 3 is 2.75 bits per heavy atom. The Morgan fingerprint density at radius 2 is 2.04 bits per heavy atom. The third-order valence-corrected chi connectivity index (χ3v) is 6.27. The zero-order valence-electron chi connectivity index (χ0n) is 13.3. The molecule has 3 rings (SSSR count). The molecular weight excluding hydrogens is 396 g/mol. The normalized spacial score (nSPS) is 14.5. The second-order valence-corrected chi connectivity index (χ2v) is 8.38. The first-order valence-corrected chi connectivity index (χ1v) is 9.68. The standard InChI is InChI=1S/C16H17BrN2O4S/c1-10-5-11-3-4-19(8-12(11)6-14(10)17)16(20)13-7-15(23-9-13)24(21,22)18-2/h5-7,9,18H,3-4,8H2,1-2H3. The van der Waals surface area contributed by atoms with E-state index in [1.165, 1.54) is 30.5 Å². The number of carbonyl (C=O) groups excluding carboxylic acids is 1. The molecule has 0 saturated carbocycles. The Hall–Kier alpha value is -1.64. The molecule has 1 aliphatic heterocycles. The van der Waals surface area contributed by atoms with Crippen molar-refractivity contribution < 1.29 is 17.6 Å². The quantitative estimate of drug-likeness (QED) is 0.839. The number of rotatable bonds is 3. The van der Waals surface area contributed by atoms with Gasteiger partial charge < -0.3 is 9.32 Å². The third-order valence-electron chi connectivity index (χ3n) is 4.14. The van der Waals surface area contributed by atoms with Crippen LogP contribution in [0.3, 0.4) is 0 Å². The van der Waals surface area contributed by atoms with Gasteiger partial charge in [-0.05, 0) is 43.1 Å². The van der Waals surface area contributed by atoms with Gasteiger partial charge in [-0.3, -0.25) is 4.79 Å². The van der Waals surface area contributed by atoms with Gasteiger partial charge in [0, 0.05) is 23.6 Å². The molecular formula is C16H17BrN2O4S. The highest BCUT2D eigenvalue weighted by molar-refractivity contribution is 9.10. The SMILES string of the molecule is CNS(=O)(=O)c1cc(C(=O)N2CCc3cc(C)c(Br)cc3C2)co1. The predicted molar refractivity (Wildman–Crippen MR) is 92.3 cm³/mol. The summed E-state index contributed by atoms with van der Waals surface area (Å²) in [5, 5.41) is -0.260. The maximum atomic E-state index is 12.6. The van der Waals surface area contributed by atoms with Gasteiger partial charge in [0.1, 0.15) is 6.26 Å². The molecule has 0 aliphatic carbocycles. The summed E-state index contributed by atoms with van der Waals surface area (Å²) in [5.74, 6) is -0.237. The van der Waals surface area contributed by atoms with Gasteiger partial charge in [-0.2, -0.15) is 0 Å². The Kier molecular flexibility index (Phi) is 4.54. The van der Waals surface area contributed by atoms with Gasteiger partial charge in [0.2, 0.25) is 5.09 Å². The average molecular weight is 413 g/mol. The smallest absolute Gasteiger partial charge is 0.273 e. The van der Waals surface area contributed by atoms with Crippen LogP contribution in [-0.2, 0) is 23.0 Å². The number of sulfonamides is 1. The molecule has 1 amide bonds. The molecule has 0 saturated heterocycles. The van der Waals surface area contributed by atoms with Crippen LogP contribution in [0.15, 0.2) is 38.4 Å². The predicted octanol–water partition coefficient (Wildman–Crippen LogP) is 2.46. The average Bonchev–Trinajstić information content (AvgIpc) is 3.05. The van der Waals surface area contributed by atoms with Crippen LogP contribution >= 0.6 is 15.9 Å². The van der Waals surface area contributed by atoms with Crippen LogP contribution in [0.1, 0.15) is 27.0 Å². The van der Waals surface area contributed by atoms with Crippen molar-refractivity contribution in [3.05, 3.63) is 51.2 Å². The Bertz CT molecular complexity index is 905. The lowest BCUT2D eigenvalue weighted by Gasteiger charge is -2.29. The van der Waals surface area contributed by atoms with Gasteiger partial charge in [-0.25, -0.2) is 13.1 Å². The van der Waals surface area contributed by atoms with E-state index in [4.69, 9.17) is 4.42 Å². The molecule has 6 nitrogen and oxygen atoms in total. The number of furan rings is 1. The van der Waals surface area contributed by atoms with E-state index in [9.17, 15) is 13.2 Å². The van der Waals surface area contributed by atoms with Crippen molar-refractivity contribution in [2.45, 2.75) is 25.0 Å². The topological polar surface area (TPSA) is 79.6 Å². The fraction of sp³-hybridized carbons (Fsp3) is 0.312. The lowest BCUT2D eigenvalue weighted by molar-refractivity contribution is 0.0734. The number of hydrogen-bond donors (Lipinski definition) is 1. The van der Waals surface area contributed by atoms with Crippen LogP contribution < -0.4 is 4.72 Å². The highest BCUT2D eigenvalue weighted by Crippen LogP contribution is 2.27. The molecule has 1 N–H and O–H groups in total. The molecule has 1 aromatic carbocycles. The van der Waals surface area contributed by atoms with Crippen LogP contribution in [0.25, 0.3) is 0 Å². The first-order valence-electron chi connectivity index (χ1n) is 7.41. The van der Waals surface area contributed by atoms with Crippen molar-refractivity contribution in [3.8, 4) is 0 Å². The molecule has 0 bridgehead atoms. The Labute approximate surface area is 149 Å². The summed E-state index contributed by atoms with van der Waals surface area (Å²) in [6.45, 7) is 3.12. The zero-order valence-corrected chi connectivity index (χ0v) is 15.7. The van der Waals surface area contributed by atoms with Crippen molar-refractivity contribution >= 4 is 31.9 Å². The molecule has 0 atom stereocenters. The van der Waals surface area contributed by atoms with Crippen molar-refractivity contribution in [3.63, 3.8) is 0 Å². The number of amides is 1. The number of halogens is 1. The lowest BCUT2D eigenvalue weighted by Crippen LogP contribution is -2.35. The molecule has 1 aliphatic rings. The zero-order chi connectivity index (χ0) is 17.5. The molecule has 8 heteroatoms. The van der Waals surface area contributed by atoms with Gasteiger partial charge in [-0.15, -0.1) is 0 Å². The van der Waals surface area contributed by atoms with Crippen molar-refractivity contribution in [2.75, 3.05) is 13.6 Å². The first kappa shape index (κ1) is 17.2. The van der Waals surface area contributed by atoms with Gasteiger partial charge in [0.05, 0.1) is 5.56 Å². The van der Waals surface area contributed by atoms with Gasteiger partial charge in [0.15, 0.2) is 0 Å². The molecule has 0 fully saturated rings. The second kappa shape index (κ2) is 6.34. The summed E-state index contributed by atoms with van der Waals surface area (Å²) in [7, 11) is -2.40. The van der Waals surface area contributed by atoms with E-state index in [1.54, 1.807) is 4.90 Å². The molecule has 128 valence electrons. The molecule has 2 heterocycles. The Morgan fingerprint density at radius 1 is 1.29 bits per heavy atom. The van der Waals surface area contributed by atoms with E-state index in [-0.39, 0.29) is 16.6 Å². The van der Waals surface area contributed by atoms with Crippen LogP contribution in [0, 0.1) is 6.92 Å². The molecule has 0 radical (unpaired) electrons. The number of nitrogens with one attached hydrogen (secondary N) is 1. The van der Waals surface area contributed by atoms with E-state index in [1.807, 2.05) is 13.0 Å². The van der Waals surface area contributed by atoms with Gasteiger partial charge in [0.25, 0.3) is 15.9 Å². The monoisotopic (exact) mass is 412 g/mol. The fourth-order valence-corrected chi connectivity index (χ4v) is 3.78. The molecule has 24 heavy (non-hydrogen) atoms. The summed E-state index contributed by atoms with van der Waals surface area (Å²) in [4.78, 5) is 14.3. The number of hydrogen-bond acceptors (Lipinski definition) is 4. The second-order valence-electron chi connectivity index (χ2n) is 5.71. The van der Waals surface area contributed by atoms with E-state index >= 15 is 0 Å². The number of fused-ring (bicyclic) bond motifs is 1. The minimum atomic E-state index is -3.69. The summed E-state index contributed by atoms with van der Waals surface area (Å²) < 4.78 is 31.6. The van der Waals surface area contributed by atoms with Crippen molar-refractivity contribution in [1.29, 1.82) is 0 Å². The van der Waals surface area contributed by atoms with E-state index in [0.717, 1.165) is 16.5 Å². The van der Waals surface area contributed by atoms with Crippen LogP contribution in [0.5, 0.6) is 0 Å². The van der Waals surface area contributed by atoms with Gasteiger partial charge >= 0.3 is 0 Å². The van der Waals surface area contributed by atoms with Crippen LogP contribution in [0.2, 0.25) is 0 Å². The molecule has 1 aromatic heterocycles. The number of nitrogens with zero attached hydrogens (tertiary/aromatic N) is 1. The number of benzene rings is 1. The summed E-state index contributed by atoms with van der Waals surface area (Å²) in [6, 6.07) is 5.43. The van der Waals surface area contributed by atoms with Crippen LogP contribution in [0.4, 0.5) is 0 Å².